The first-order valence-electron chi connectivity index (χ1n) is 10.1. The first-order chi connectivity index (χ1) is 16.8. The van der Waals surface area contributed by atoms with Crippen LogP contribution < -0.4 is 10.2 Å². The van der Waals surface area contributed by atoms with Crippen molar-refractivity contribution in [3.63, 3.8) is 0 Å². The van der Waals surface area contributed by atoms with E-state index < -0.39 is 11.4 Å². The molecule has 4 aromatic rings. The second-order valence-corrected chi connectivity index (χ2v) is 42.2. The van der Waals surface area contributed by atoms with Crippen molar-refractivity contribution in [1.29, 1.82) is 0 Å². The van der Waals surface area contributed by atoms with Crippen molar-refractivity contribution in [2.45, 2.75) is 6.92 Å². The van der Waals surface area contributed by atoms with Crippen LogP contribution in [0.3, 0.4) is 0 Å². The Morgan fingerprint density at radius 1 is 1.14 bits per heavy atom. The normalized spacial score (nSPS) is 10.2. The molecule has 0 aliphatic heterocycles. The van der Waals surface area contributed by atoms with Crippen molar-refractivity contribution in [2.24, 2.45) is 0 Å². The van der Waals surface area contributed by atoms with Crippen LogP contribution in [0.15, 0.2) is 78.1 Å². The predicted molar refractivity (Wildman–Crippen MR) is 155 cm³/mol. The third-order valence-corrected chi connectivity index (χ3v) is 4.52. The SMILES string of the molecule is CCOC(=O)c1cn(-c2cccc(C#Cc3ccc[n+](O)c3)c2)c2ncccc2c1=O.[I][V]([I])[I]. The zero-order valence-corrected chi connectivity index (χ0v) is 26.1. The van der Waals surface area contributed by atoms with Gasteiger partial charge in [-0.25, -0.2) is 9.78 Å². The molecular formula is C24H18I3N3O4V+. The van der Waals surface area contributed by atoms with Crippen LogP contribution in [-0.4, -0.2) is 27.3 Å². The van der Waals surface area contributed by atoms with Gasteiger partial charge in [0.25, 0.3) is 0 Å². The molecule has 7 nitrogen and oxygen atoms in total. The standard InChI is InChI=1S/C24H18N3O4.3HI.V/c1-2-31-24(29)21-16-27(23-20(22(21)28)9-4-12-25-23)19-8-3-6-17(14-19)10-11-18-7-5-13-26(30)15-18;;;;/h3-9,12-16,30H,2H2,1H3;3*1H;/q+1;;;;+3/p-3. The molecule has 0 aliphatic rings. The molecule has 1 aromatic carbocycles. The van der Waals surface area contributed by atoms with Crippen LogP contribution in [0.25, 0.3) is 16.7 Å². The van der Waals surface area contributed by atoms with E-state index in [2.05, 4.69) is 76.8 Å². The molecular weight excluding hydrogens is 826 g/mol. The van der Waals surface area contributed by atoms with E-state index in [4.69, 9.17) is 4.74 Å². The average molecular weight is 844 g/mol. The van der Waals surface area contributed by atoms with E-state index in [0.717, 1.165) is 4.73 Å². The van der Waals surface area contributed by atoms with Gasteiger partial charge in [-0.1, -0.05) is 17.9 Å². The Hall–Kier alpha value is -1.67. The maximum atomic E-state index is 12.8. The topological polar surface area (TPSA) is 85.3 Å². The number of hydrogen-bond donors (Lipinski definition) is 1. The zero-order chi connectivity index (χ0) is 25.4. The van der Waals surface area contributed by atoms with Crippen LogP contribution in [0.1, 0.15) is 28.4 Å². The minimum absolute atomic E-state index is 0.0596. The molecule has 35 heavy (non-hydrogen) atoms. The molecule has 0 atom stereocenters. The molecule has 0 spiro atoms. The number of nitrogens with zero attached hydrogens (tertiary/aromatic N) is 3. The fraction of sp³-hybridized carbons (Fsp3) is 0.0833. The van der Waals surface area contributed by atoms with E-state index in [-0.39, 0.29) is 17.1 Å². The third-order valence-electron chi connectivity index (χ3n) is 4.52. The van der Waals surface area contributed by atoms with E-state index in [1.807, 2.05) is 24.3 Å². The monoisotopic (exact) mass is 844 g/mol. The Morgan fingerprint density at radius 2 is 1.86 bits per heavy atom. The van der Waals surface area contributed by atoms with Crippen LogP contribution in [0.2, 0.25) is 0 Å². The van der Waals surface area contributed by atoms with Crippen LogP contribution in [0.5, 0.6) is 0 Å². The summed E-state index contributed by atoms with van der Waals surface area (Å²) in [5, 5.41) is 9.83. The maximum absolute atomic E-state index is 12.8. The number of fused-ring (bicyclic) bond motifs is 1. The number of ether oxygens (including phenoxy) is 1. The first-order valence-corrected chi connectivity index (χ1v) is 23.6. The number of benzene rings is 1. The van der Waals surface area contributed by atoms with E-state index in [9.17, 15) is 14.8 Å². The molecule has 0 unspecified atom stereocenters. The number of rotatable bonds is 3. The fourth-order valence-corrected chi connectivity index (χ4v) is 3.13. The molecule has 0 amide bonds. The van der Waals surface area contributed by atoms with Gasteiger partial charge in [0.05, 0.1) is 17.6 Å². The van der Waals surface area contributed by atoms with E-state index in [1.165, 1.54) is 18.6 Å². The van der Waals surface area contributed by atoms with Crippen molar-refractivity contribution in [2.75, 3.05) is 6.61 Å². The Labute approximate surface area is 239 Å². The number of esters is 1. The van der Waals surface area contributed by atoms with Gasteiger partial charge in [0, 0.05) is 34.4 Å². The molecule has 4 rings (SSSR count). The van der Waals surface area contributed by atoms with Gasteiger partial charge in [0.15, 0.2) is 0 Å². The van der Waals surface area contributed by atoms with Crippen molar-refractivity contribution in [1.82, 2.24) is 9.55 Å². The number of carbonyl (C=O) groups is 1. The summed E-state index contributed by atoms with van der Waals surface area (Å²) in [5.74, 6) is 5.37. The number of aromatic nitrogens is 3. The molecule has 3 heterocycles. The molecule has 0 aliphatic carbocycles. The Kier molecular flexibility index (Phi) is 10.8. The second-order valence-electron chi connectivity index (χ2n) is 6.80. The Bertz CT molecular complexity index is 1480. The second kappa shape index (κ2) is 13.6. The molecule has 0 fully saturated rings. The summed E-state index contributed by atoms with van der Waals surface area (Å²) < 4.78 is 7.67. The van der Waals surface area contributed by atoms with Crippen molar-refractivity contribution in [3.05, 3.63) is 100 Å². The van der Waals surface area contributed by atoms with E-state index in [0.29, 0.717) is 27.8 Å². The van der Waals surface area contributed by atoms with Gasteiger partial charge in [-0.05, 0) is 43.3 Å². The minimum atomic E-state index is -0.677. The number of hydrogen-bond acceptors (Lipinski definition) is 5. The van der Waals surface area contributed by atoms with Gasteiger partial charge in [0.2, 0.25) is 17.8 Å². The van der Waals surface area contributed by atoms with Crippen molar-refractivity contribution < 1.29 is 24.4 Å². The Morgan fingerprint density at radius 3 is 2.57 bits per heavy atom. The van der Waals surface area contributed by atoms with Gasteiger partial charge >= 0.3 is 70.8 Å². The van der Waals surface area contributed by atoms with Gasteiger partial charge in [-0.15, -0.1) is 0 Å². The van der Waals surface area contributed by atoms with Gasteiger partial charge in [0.1, 0.15) is 11.2 Å². The molecule has 3 aromatic heterocycles. The number of carbonyl (C=O) groups excluding carboxylic acids is 1. The quantitative estimate of drug-likeness (QED) is 0.102. The molecule has 0 radical (unpaired) electrons. The summed E-state index contributed by atoms with van der Waals surface area (Å²) in [4.78, 5) is 29.2. The van der Waals surface area contributed by atoms with Gasteiger partial charge in [-0.2, -0.15) is 0 Å². The van der Waals surface area contributed by atoms with Crippen LogP contribution in [-0.2, 0) is 9.66 Å². The Balaban J connectivity index is 0.000000795. The molecule has 11 heteroatoms. The predicted octanol–water partition coefficient (Wildman–Crippen LogP) is 5.14. The van der Waals surface area contributed by atoms with E-state index in [1.54, 1.807) is 42.0 Å². The molecule has 1 N–H and O–H groups in total. The average Bonchev–Trinajstić information content (AvgIpc) is 2.83. The van der Waals surface area contributed by atoms with Gasteiger partial charge < -0.3 is 9.30 Å². The number of halogens is 3. The summed E-state index contributed by atoms with van der Waals surface area (Å²) >= 11 is 7.39. The first kappa shape index (κ1) is 27.9. The van der Waals surface area contributed by atoms with Crippen LogP contribution in [0, 0.1) is 11.8 Å². The summed E-state index contributed by atoms with van der Waals surface area (Å²) in [6.07, 6.45) is 6.04. The summed E-state index contributed by atoms with van der Waals surface area (Å²) in [6.45, 7) is 1.86. The van der Waals surface area contributed by atoms with Gasteiger partial charge in [-0.3, -0.25) is 10.0 Å². The van der Waals surface area contributed by atoms with Crippen molar-refractivity contribution in [3.8, 4) is 17.5 Å². The summed E-state index contributed by atoms with van der Waals surface area (Å²) in [7, 11) is 0. The number of pyridine rings is 3. The zero-order valence-electron chi connectivity index (χ0n) is 18.2. The fourth-order valence-electron chi connectivity index (χ4n) is 3.13. The molecule has 0 bridgehead atoms. The van der Waals surface area contributed by atoms with Crippen LogP contribution in [0.4, 0.5) is 0 Å². The van der Waals surface area contributed by atoms with Crippen LogP contribution >= 0.6 is 59.9 Å². The third kappa shape index (κ3) is 7.91. The summed E-state index contributed by atoms with van der Waals surface area (Å²) in [6, 6.07) is 14.1. The molecule has 0 saturated heterocycles. The van der Waals surface area contributed by atoms with E-state index >= 15 is 0 Å². The molecule has 0 saturated carbocycles. The van der Waals surface area contributed by atoms with Crippen molar-refractivity contribution >= 4 is 76.9 Å². The molecule has 178 valence electrons. The summed E-state index contributed by atoms with van der Waals surface area (Å²) in [5.41, 5.74) is 1.99.